The monoisotopic (exact) mass is 275 g/mol. The molecule has 6 nitrogen and oxygen atoms in total. The van der Waals surface area contributed by atoms with Gasteiger partial charge in [-0.1, -0.05) is 6.07 Å². The molecule has 0 fully saturated rings. The molecule has 2 rings (SSSR count). The topological polar surface area (TPSA) is 106 Å². The van der Waals surface area contributed by atoms with Crippen molar-refractivity contribution in [2.45, 2.75) is 4.90 Å². The Bertz CT molecular complexity index is 734. The first-order valence-electron chi connectivity index (χ1n) is 5.16. The molecule has 0 spiro atoms. The lowest BCUT2D eigenvalue weighted by Gasteiger charge is -2.05. The lowest BCUT2D eigenvalue weighted by molar-refractivity contribution is 0.462. The molecule has 0 bridgehead atoms. The van der Waals surface area contributed by atoms with E-state index in [1.165, 1.54) is 12.1 Å². The van der Waals surface area contributed by atoms with Gasteiger partial charge >= 0.3 is 0 Å². The van der Waals surface area contributed by atoms with E-state index in [1.807, 2.05) is 6.07 Å². The maximum Gasteiger partial charge on any atom is 0.239 e. The highest BCUT2D eigenvalue weighted by atomic mass is 32.2. The first-order chi connectivity index (χ1) is 8.99. The number of benzene rings is 1. The number of pyridine rings is 1. The Kier molecular flexibility index (Phi) is 3.46. The van der Waals surface area contributed by atoms with Gasteiger partial charge in [0.25, 0.3) is 0 Å². The lowest BCUT2D eigenvalue weighted by Crippen LogP contribution is -2.12. The summed E-state index contributed by atoms with van der Waals surface area (Å²) in [5.74, 6) is 0.650. The summed E-state index contributed by atoms with van der Waals surface area (Å²) in [5.41, 5.74) is 0.457. The number of ether oxygens (including phenoxy) is 1. The van der Waals surface area contributed by atoms with E-state index in [0.29, 0.717) is 11.3 Å². The average molecular weight is 275 g/mol. The molecule has 0 radical (unpaired) electrons. The second-order valence-corrected chi connectivity index (χ2v) is 5.18. The Morgan fingerprint density at radius 3 is 2.63 bits per heavy atom. The van der Waals surface area contributed by atoms with Crippen LogP contribution in [0.4, 0.5) is 0 Å². The standard InChI is InChI=1S/C12H9N3O3S/c13-7-9-2-1-3-10(6-9)18-12-5-4-11(8-15-12)19(14,16)17/h1-6,8H,(H2,14,16,17). The van der Waals surface area contributed by atoms with Gasteiger partial charge in [-0.05, 0) is 24.3 Å². The fourth-order valence-corrected chi connectivity index (χ4v) is 1.80. The third-order valence-corrected chi connectivity index (χ3v) is 3.12. The Balaban J connectivity index is 2.22. The fourth-order valence-electron chi connectivity index (χ4n) is 1.35. The van der Waals surface area contributed by atoms with Gasteiger partial charge in [0.2, 0.25) is 15.9 Å². The van der Waals surface area contributed by atoms with Crippen LogP contribution in [0.1, 0.15) is 5.56 Å². The number of nitrogens with two attached hydrogens (primary N) is 1. The van der Waals surface area contributed by atoms with E-state index in [4.69, 9.17) is 15.1 Å². The number of hydrogen-bond acceptors (Lipinski definition) is 5. The molecule has 1 aromatic carbocycles. The van der Waals surface area contributed by atoms with Gasteiger partial charge in [-0.25, -0.2) is 18.5 Å². The van der Waals surface area contributed by atoms with Crippen LogP contribution < -0.4 is 9.88 Å². The van der Waals surface area contributed by atoms with Gasteiger partial charge < -0.3 is 4.74 Å². The highest BCUT2D eigenvalue weighted by Gasteiger charge is 2.08. The molecule has 0 aliphatic heterocycles. The van der Waals surface area contributed by atoms with Gasteiger partial charge in [0, 0.05) is 6.07 Å². The zero-order chi connectivity index (χ0) is 13.9. The summed E-state index contributed by atoms with van der Waals surface area (Å²) >= 11 is 0. The molecule has 0 amide bonds. The van der Waals surface area contributed by atoms with Gasteiger partial charge in [-0.15, -0.1) is 0 Å². The molecule has 0 saturated heterocycles. The zero-order valence-corrected chi connectivity index (χ0v) is 10.5. The van der Waals surface area contributed by atoms with Crippen LogP contribution in [0, 0.1) is 11.3 Å². The van der Waals surface area contributed by atoms with Crippen molar-refractivity contribution in [2.75, 3.05) is 0 Å². The lowest BCUT2D eigenvalue weighted by atomic mass is 10.2. The Hall–Kier alpha value is -2.43. The number of aromatic nitrogens is 1. The first kappa shape index (κ1) is 13.0. The van der Waals surface area contributed by atoms with Crippen LogP contribution in [0.2, 0.25) is 0 Å². The van der Waals surface area contributed by atoms with Gasteiger partial charge in [0.1, 0.15) is 10.6 Å². The van der Waals surface area contributed by atoms with Crippen LogP contribution in [-0.2, 0) is 10.0 Å². The second-order valence-electron chi connectivity index (χ2n) is 3.62. The first-order valence-corrected chi connectivity index (χ1v) is 6.70. The number of rotatable bonds is 3. The number of sulfonamides is 1. The fraction of sp³-hybridized carbons (Fsp3) is 0. The minimum Gasteiger partial charge on any atom is -0.439 e. The van der Waals surface area contributed by atoms with Gasteiger partial charge in [0.15, 0.2) is 0 Å². The number of nitrogens with zero attached hydrogens (tertiary/aromatic N) is 2. The molecule has 1 heterocycles. The van der Waals surface area contributed by atoms with Crippen molar-refractivity contribution in [3.05, 3.63) is 48.2 Å². The molecule has 0 aliphatic carbocycles. The molecule has 19 heavy (non-hydrogen) atoms. The molecular weight excluding hydrogens is 266 g/mol. The van der Waals surface area contributed by atoms with Crippen LogP contribution in [0.5, 0.6) is 11.6 Å². The minimum absolute atomic E-state index is 0.0920. The summed E-state index contributed by atoms with van der Waals surface area (Å²) in [4.78, 5) is 3.74. The molecule has 2 N–H and O–H groups in total. The predicted octanol–water partition coefficient (Wildman–Crippen LogP) is 1.39. The van der Waals surface area contributed by atoms with Crippen LogP contribution in [0.25, 0.3) is 0 Å². The van der Waals surface area contributed by atoms with E-state index < -0.39 is 10.0 Å². The van der Waals surface area contributed by atoms with E-state index in [0.717, 1.165) is 6.20 Å². The maximum absolute atomic E-state index is 11.0. The second kappa shape index (κ2) is 5.06. The van der Waals surface area contributed by atoms with Crippen molar-refractivity contribution < 1.29 is 13.2 Å². The van der Waals surface area contributed by atoms with Crippen LogP contribution in [-0.4, -0.2) is 13.4 Å². The molecule has 7 heteroatoms. The van der Waals surface area contributed by atoms with Gasteiger partial charge in [-0.3, -0.25) is 0 Å². The Labute approximate surface area is 110 Å². The molecule has 0 saturated carbocycles. The molecule has 0 unspecified atom stereocenters. The number of hydrogen-bond donors (Lipinski definition) is 1. The SMILES string of the molecule is N#Cc1cccc(Oc2ccc(S(N)(=O)=O)cn2)c1. The maximum atomic E-state index is 11.0. The van der Waals surface area contributed by atoms with E-state index in [-0.39, 0.29) is 10.8 Å². The van der Waals surface area contributed by atoms with Gasteiger partial charge in [-0.2, -0.15) is 5.26 Å². The summed E-state index contributed by atoms with van der Waals surface area (Å²) in [6, 6.07) is 11.2. The van der Waals surface area contributed by atoms with Crippen molar-refractivity contribution in [3.8, 4) is 17.7 Å². The summed E-state index contributed by atoms with van der Waals surface area (Å²) in [7, 11) is -3.76. The Morgan fingerprint density at radius 1 is 1.26 bits per heavy atom. The van der Waals surface area contributed by atoms with Crippen LogP contribution >= 0.6 is 0 Å². The zero-order valence-electron chi connectivity index (χ0n) is 9.65. The van der Waals surface area contributed by atoms with Crippen molar-refractivity contribution in [1.82, 2.24) is 4.98 Å². The third kappa shape index (κ3) is 3.28. The van der Waals surface area contributed by atoms with E-state index in [9.17, 15) is 8.42 Å². The Morgan fingerprint density at radius 2 is 2.05 bits per heavy atom. The summed E-state index contributed by atoms with van der Waals surface area (Å²) < 4.78 is 27.5. The van der Waals surface area contributed by atoms with Crippen molar-refractivity contribution in [2.24, 2.45) is 5.14 Å². The molecule has 96 valence electrons. The molecule has 0 aliphatic rings. The summed E-state index contributed by atoms with van der Waals surface area (Å²) in [6.07, 6.45) is 1.11. The molecule has 1 aromatic heterocycles. The van der Waals surface area contributed by atoms with Crippen LogP contribution in [0.15, 0.2) is 47.5 Å². The summed E-state index contributed by atoms with van der Waals surface area (Å²) in [5, 5.41) is 13.7. The van der Waals surface area contributed by atoms with Crippen LogP contribution in [0.3, 0.4) is 0 Å². The quantitative estimate of drug-likeness (QED) is 0.911. The predicted molar refractivity (Wildman–Crippen MR) is 66.8 cm³/mol. The van der Waals surface area contributed by atoms with E-state index >= 15 is 0 Å². The van der Waals surface area contributed by atoms with E-state index in [2.05, 4.69) is 4.98 Å². The normalized spacial score (nSPS) is 10.7. The smallest absolute Gasteiger partial charge is 0.239 e. The highest BCUT2D eigenvalue weighted by molar-refractivity contribution is 7.89. The molecular formula is C12H9N3O3S. The number of nitriles is 1. The largest absolute Gasteiger partial charge is 0.439 e. The highest BCUT2D eigenvalue weighted by Crippen LogP contribution is 2.20. The van der Waals surface area contributed by atoms with Crippen molar-refractivity contribution in [3.63, 3.8) is 0 Å². The third-order valence-electron chi connectivity index (χ3n) is 2.22. The average Bonchev–Trinajstić information content (AvgIpc) is 2.38. The van der Waals surface area contributed by atoms with Gasteiger partial charge in [0.05, 0.1) is 17.8 Å². The molecule has 0 atom stereocenters. The van der Waals surface area contributed by atoms with Crippen molar-refractivity contribution in [1.29, 1.82) is 5.26 Å². The van der Waals surface area contributed by atoms with Crippen molar-refractivity contribution >= 4 is 10.0 Å². The summed E-state index contributed by atoms with van der Waals surface area (Å²) in [6.45, 7) is 0. The molecule has 2 aromatic rings. The van der Waals surface area contributed by atoms with E-state index in [1.54, 1.807) is 24.3 Å². The number of primary sulfonamides is 1. The minimum atomic E-state index is -3.76.